The Bertz CT molecular complexity index is 1320. The number of pyridine rings is 1. The molecule has 0 amide bonds. The molecule has 2 N–H and O–H groups in total. The lowest BCUT2D eigenvalue weighted by Gasteiger charge is -2.14. The summed E-state index contributed by atoms with van der Waals surface area (Å²) in [6.45, 7) is 3.69. The normalized spacial score (nSPS) is 13.3. The van der Waals surface area contributed by atoms with Gasteiger partial charge in [0.25, 0.3) is 10.1 Å². The fourth-order valence-corrected chi connectivity index (χ4v) is 4.48. The van der Waals surface area contributed by atoms with Gasteiger partial charge in [0.2, 0.25) is 0 Å². The topological polar surface area (TPSA) is 103 Å². The van der Waals surface area contributed by atoms with Gasteiger partial charge < -0.3 is 5.32 Å². The quantitative estimate of drug-likeness (QED) is 0.378. The Hall–Kier alpha value is -3.03. The van der Waals surface area contributed by atoms with Gasteiger partial charge in [0.1, 0.15) is 5.82 Å². The maximum Gasteiger partial charge on any atom is 0.294 e. The third kappa shape index (κ3) is 7.50. The van der Waals surface area contributed by atoms with Crippen molar-refractivity contribution in [2.45, 2.75) is 29.0 Å². The van der Waals surface area contributed by atoms with Crippen LogP contribution in [0.15, 0.2) is 76.7 Å². The van der Waals surface area contributed by atoms with Crippen molar-refractivity contribution in [3.63, 3.8) is 0 Å². The van der Waals surface area contributed by atoms with Gasteiger partial charge >= 0.3 is 0 Å². The van der Waals surface area contributed by atoms with Crippen molar-refractivity contribution >= 4 is 27.5 Å². The molecule has 0 atom stereocenters. The smallest absolute Gasteiger partial charge is 0.294 e. The minimum absolute atomic E-state index is 0.0666. The molecule has 0 bridgehead atoms. The molecule has 1 aliphatic heterocycles. The lowest BCUT2D eigenvalue weighted by Crippen LogP contribution is -2.20. The van der Waals surface area contributed by atoms with Gasteiger partial charge in [-0.05, 0) is 67.4 Å². The van der Waals surface area contributed by atoms with Gasteiger partial charge in [-0.2, -0.15) is 13.7 Å². The SMILES string of the molecule is Cc1ccc(S(=O)(=O)O)cc1.N#Cc1ccc(CSc2cccc(C3=CCNCC3)n2)c(F)c1. The van der Waals surface area contributed by atoms with E-state index in [1.165, 1.54) is 35.5 Å². The number of nitrogens with one attached hydrogen (secondary N) is 1. The van der Waals surface area contributed by atoms with Gasteiger partial charge in [0.15, 0.2) is 0 Å². The second kappa shape index (κ2) is 11.9. The summed E-state index contributed by atoms with van der Waals surface area (Å²) in [7, 11) is -4.02. The van der Waals surface area contributed by atoms with E-state index in [1.807, 2.05) is 31.2 Å². The van der Waals surface area contributed by atoms with Crippen LogP contribution in [0.2, 0.25) is 0 Å². The number of thioether (sulfide) groups is 1. The largest absolute Gasteiger partial charge is 0.313 e. The summed E-state index contributed by atoms with van der Waals surface area (Å²) in [5, 5.41) is 12.9. The highest BCUT2D eigenvalue weighted by Crippen LogP contribution is 2.25. The first-order chi connectivity index (χ1) is 16.3. The number of rotatable bonds is 5. The lowest BCUT2D eigenvalue weighted by molar-refractivity contribution is 0.483. The summed E-state index contributed by atoms with van der Waals surface area (Å²) in [5.74, 6) is 0.156. The predicted molar refractivity (Wildman–Crippen MR) is 131 cm³/mol. The molecule has 0 fully saturated rings. The van der Waals surface area contributed by atoms with Gasteiger partial charge in [0, 0.05) is 12.3 Å². The Balaban J connectivity index is 0.000000248. The molecule has 2 heterocycles. The Morgan fingerprint density at radius 2 is 1.94 bits per heavy atom. The van der Waals surface area contributed by atoms with Crippen molar-refractivity contribution in [2.24, 2.45) is 0 Å². The van der Waals surface area contributed by atoms with E-state index in [-0.39, 0.29) is 10.7 Å². The minimum atomic E-state index is -4.02. The summed E-state index contributed by atoms with van der Waals surface area (Å²) >= 11 is 1.50. The first-order valence-electron chi connectivity index (χ1n) is 10.5. The van der Waals surface area contributed by atoms with Gasteiger partial charge in [0.05, 0.1) is 27.2 Å². The van der Waals surface area contributed by atoms with Crippen LogP contribution in [0.3, 0.4) is 0 Å². The third-order valence-electron chi connectivity index (χ3n) is 4.99. The maximum atomic E-state index is 13.9. The average molecular weight is 498 g/mol. The Morgan fingerprint density at radius 3 is 2.56 bits per heavy atom. The molecule has 0 saturated heterocycles. The van der Waals surface area contributed by atoms with Crippen LogP contribution in [-0.4, -0.2) is 31.0 Å². The fraction of sp³-hybridized carbons (Fsp3) is 0.200. The maximum absolute atomic E-state index is 13.9. The highest BCUT2D eigenvalue weighted by molar-refractivity contribution is 7.98. The predicted octanol–water partition coefficient (Wildman–Crippen LogP) is 5.00. The van der Waals surface area contributed by atoms with Crippen LogP contribution < -0.4 is 5.32 Å². The van der Waals surface area contributed by atoms with E-state index < -0.39 is 10.1 Å². The molecule has 4 rings (SSSR count). The van der Waals surface area contributed by atoms with Crippen LogP contribution in [0.4, 0.5) is 4.39 Å². The van der Waals surface area contributed by atoms with Crippen molar-refractivity contribution in [1.82, 2.24) is 10.3 Å². The number of nitrogens with zero attached hydrogens (tertiary/aromatic N) is 2. The molecule has 6 nitrogen and oxygen atoms in total. The molecule has 0 saturated carbocycles. The van der Waals surface area contributed by atoms with E-state index >= 15 is 0 Å². The standard InChI is InChI=1S/C18H16FN3S.C7H8O3S/c19-16-10-13(11-20)4-5-15(16)12-23-18-3-1-2-17(22-18)14-6-8-21-9-7-14;1-6-2-4-7(5-3-6)11(8,9)10/h1-6,10,21H,7-9,12H2;2-5H,1H3,(H,8,9,10). The number of aryl methyl sites for hydroxylation is 1. The van der Waals surface area contributed by atoms with Crippen LogP contribution in [0.5, 0.6) is 0 Å². The van der Waals surface area contributed by atoms with Crippen molar-refractivity contribution in [2.75, 3.05) is 13.1 Å². The number of benzene rings is 2. The summed E-state index contributed by atoms with van der Waals surface area (Å²) in [6.07, 6.45) is 3.14. The van der Waals surface area contributed by atoms with Crippen LogP contribution in [0.1, 0.15) is 28.8 Å². The van der Waals surface area contributed by atoms with E-state index in [1.54, 1.807) is 24.3 Å². The molecular weight excluding hydrogens is 473 g/mol. The summed E-state index contributed by atoms with van der Waals surface area (Å²) in [5.41, 5.74) is 4.14. The zero-order chi connectivity index (χ0) is 24.6. The lowest BCUT2D eigenvalue weighted by atomic mass is 10.1. The molecule has 1 aromatic heterocycles. The monoisotopic (exact) mass is 497 g/mol. The Kier molecular flexibility index (Phi) is 8.96. The third-order valence-corrected chi connectivity index (χ3v) is 6.84. The highest BCUT2D eigenvalue weighted by Gasteiger charge is 2.09. The summed E-state index contributed by atoms with van der Waals surface area (Å²) in [4.78, 5) is 4.60. The van der Waals surface area contributed by atoms with Crippen LogP contribution in [-0.2, 0) is 15.9 Å². The van der Waals surface area contributed by atoms with Crippen LogP contribution in [0.25, 0.3) is 5.57 Å². The van der Waals surface area contributed by atoms with Gasteiger partial charge in [-0.15, -0.1) is 11.8 Å². The van der Waals surface area contributed by atoms with Crippen LogP contribution in [0, 0.1) is 24.1 Å². The second-order valence-corrected chi connectivity index (χ2v) is 9.96. The highest BCUT2D eigenvalue weighted by atomic mass is 32.2. The van der Waals surface area contributed by atoms with Crippen molar-refractivity contribution in [1.29, 1.82) is 5.26 Å². The molecule has 9 heteroatoms. The average Bonchev–Trinajstić information content (AvgIpc) is 2.84. The second-order valence-electron chi connectivity index (χ2n) is 7.54. The first-order valence-corrected chi connectivity index (χ1v) is 12.9. The van der Waals surface area contributed by atoms with Crippen molar-refractivity contribution in [3.05, 3.63) is 94.9 Å². The minimum Gasteiger partial charge on any atom is -0.313 e. The van der Waals surface area contributed by atoms with E-state index in [0.29, 0.717) is 16.9 Å². The molecule has 0 radical (unpaired) electrons. The molecule has 2 aromatic carbocycles. The molecule has 3 aromatic rings. The molecular formula is C25H24FN3O3S2. The van der Waals surface area contributed by atoms with E-state index in [0.717, 1.165) is 35.8 Å². The number of nitriles is 1. The van der Waals surface area contributed by atoms with Gasteiger partial charge in [-0.1, -0.05) is 35.9 Å². The summed E-state index contributed by atoms with van der Waals surface area (Å²) in [6, 6.07) is 18.5. The van der Waals surface area contributed by atoms with Gasteiger partial charge in [-0.3, -0.25) is 4.55 Å². The number of aromatic nitrogens is 1. The number of hydrogen-bond acceptors (Lipinski definition) is 6. The zero-order valence-electron chi connectivity index (χ0n) is 18.5. The molecule has 1 aliphatic rings. The molecule has 0 unspecified atom stereocenters. The molecule has 0 spiro atoms. The fourth-order valence-electron chi connectivity index (χ4n) is 3.13. The van der Waals surface area contributed by atoms with Crippen molar-refractivity contribution in [3.8, 4) is 6.07 Å². The van der Waals surface area contributed by atoms with Crippen LogP contribution >= 0.6 is 11.8 Å². The molecule has 34 heavy (non-hydrogen) atoms. The van der Waals surface area contributed by atoms with E-state index in [4.69, 9.17) is 9.81 Å². The number of hydrogen-bond donors (Lipinski definition) is 2. The van der Waals surface area contributed by atoms with E-state index in [9.17, 15) is 12.8 Å². The molecule has 176 valence electrons. The van der Waals surface area contributed by atoms with E-state index in [2.05, 4.69) is 16.4 Å². The van der Waals surface area contributed by atoms with Crippen molar-refractivity contribution < 1.29 is 17.4 Å². The Labute approximate surface area is 203 Å². The first kappa shape index (κ1) is 25.6. The number of halogens is 1. The van der Waals surface area contributed by atoms with Gasteiger partial charge in [-0.25, -0.2) is 9.37 Å². The zero-order valence-corrected chi connectivity index (χ0v) is 20.2. The summed E-state index contributed by atoms with van der Waals surface area (Å²) < 4.78 is 43.5. The molecule has 0 aliphatic carbocycles. The Morgan fingerprint density at radius 1 is 1.18 bits per heavy atom.